The summed E-state index contributed by atoms with van der Waals surface area (Å²) in [7, 11) is 3.03. The van der Waals surface area contributed by atoms with Crippen LogP contribution in [0.1, 0.15) is 26.7 Å². The van der Waals surface area contributed by atoms with Crippen LogP contribution >= 0.6 is 23.1 Å². The molecule has 0 aliphatic heterocycles. The normalized spacial score (nSPS) is 11.6. The van der Waals surface area contributed by atoms with E-state index in [-0.39, 0.29) is 17.3 Å². The molecule has 0 bridgehead atoms. The fraction of sp³-hybridized carbons (Fsp3) is 0.0732. The van der Waals surface area contributed by atoms with Crippen LogP contribution in [0.25, 0.3) is 17.3 Å². The van der Waals surface area contributed by atoms with Gasteiger partial charge in [0.2, 0.25) is 5.91 Å². The molecule has 6 rings (SSSR count). The highest BCUT2D eigenvalue weighted by atomic mass is 32.2. The van der Waals surface area contributed by atoms with Crippen LogP contribution in [0, 0.1) is 10.1 Å². The molecule has 14 heteroatoms. The quantitative estimate of drug-likeness (QED) is 0.0426. The number of anilines is 2. The molecule has 1 aromatic heterocycles. The molecule has 276 valence electrons. The zero-order valence-corrected chi connectivity index (χ0v) is 31.1. The maximum atomic E-state index is 13.9. The number of hydrogen-bond donors (Lipinski definition) is 3. The average Bonchev–Trinajstić information content (AvgIpc) is 3.69. The third kappa shape index (κ3) is 9.81. The summed E-state index contributed by atoms with van der Waals surface area (Å²) in [5.41, 5.74) is 3.00. The fourth-order valence-electron chi connectivity index (χ4n) is 5.33. The number of carbonyl (C=O) groups excluding carboxylic acids is 3. The Hall–Kier alpha value is -6.77. The Morgan fingerprint density at radius 2 is 1.58 bits per heavy atom. The molecular formula is C41H33N5O7S2. The van der Waals surface area contributed by atoms with E-state index >= 15 is 0 Å². The molecule has 6 aromatic rings. The van der Waals surface area contributed by atoms with E-state index in [0.717, 1.165) is 5.56 Å². The molecule has 3 amide bonds. The van der Waals surface area contributed by atoms with Gasteiger partial charge in [-0.05, 0) is 54.1 Å². The molecule has 0 saturated heterocycles. The predicted molar refractivity (Wildman–Crippen MR) is 214 cm³/mol. The second-order valence-electron chi connectivity index (χ2n) is 11.7. The van der Waals surface area contributed by atoms with Gasteiger partial charge in [0.15, 0.2) is 5.13 Å². The van der Waals surface area contributed by atoms with E-state index in [1.165, 1.54) is 55.5 Å². The number of thioether (sulfide) groups is 1. The molecule has 1 unspecified atom stereocenters. The summed E-state index contributed by atoms with van der Waals surface area (Å²) < 4.78 is 10.8. The Kier molecular flexibility index (Phi) is 12.3. The third-order valence-corrected chi connectivity index (χ3v) is 10.0. The van der Waals surface area contributed by atoms with Crippen molar-refractivity contribution < 1.29 is 28.8 Å². The van der Waals surface area contributed by atoms with Crippen molar-refractivity contribution in [2.24, 2.45) is 0 Å². The van der Waals surface area contributed by atoms with Gasteiger partial charge < -0.3 is 25.4 Å². The number of nitrogens with zero attached hydrogens (tertiary/aromatic N) is 2. The minimum atomic E-state index is -0.722. The minimum Gasteiger partial charge on any atom is -0.497 e. The van der Waals surface area contributed by atoms with Crippen LogP contribution in [0.3, 0.4) is 0 Å². The van der Waals surface area contributed by atoms with Crippen molar-refractivity contribution in [1.29, 1.82) is 0 Å². The summed E-state index contributed by atoms with van der Waals surface area (Å²) in [6, 6.07) is 36.0. The van der Waals surface area contributed by atoms with Crippen molar-refractivity contribution >= 4 is 63.4 Å². The topological polar surface area (TPSA) is 162 Å². The van der Waals surface area contributed by atoms with E-state index < -0.39 is 22.0 Å². The van der Waals surface area contributed by atoms with Gasteiger partial charge in [-0.1, -0.05) is 66.7 Å². The number of nitro benzene ring substituents is 1. The zero-order chi connectivity index (χ0) is 38.7. The number of ether oxygens (including phenoxy) is 2. The number of aromatic nitrogens is 1. The van der Waals surface area contributed by atoms with Crippen molar-refractivity contribution in [3.05, 3.63) is 165 Å². The maximum absolute atomic E-state index is 13.9. The lowest BCUT2D eigenvalue weighted by molar-refractivity contribution is -0.384. The average molecular weight is 772 g/mol. The number of carbonyl (C=O) groups is 3. The fourth-order valence-corrected chi connectivity index (χ4v) is 7.14. The van der Waals surface area contributed by atoms with Gasteiger partial charge in [0.1, 0.15) is 22.4 Å². The van der Waals surface area contributed by atoms with E-state index in [4.69, 9.17) is 9.47 Å². The molecule has 0 aliphatic rings. The first-order valence-electron chi connectivity index (χ1n) is 16.6. The van der Waals surface area contributed by atoms with Crippen molar-refractivity contribution in [2.75, 3.05) is 24.9 Å². The number of nitro groups is 1. The van der Waals surface area contributed by atoms with E-state index in [1.54, 1.807) is 84.2 Å². The molecule has 5 aromatic carbocycles. The summed E-state index contributed by atoms with van der Waals surface area (Å²) in [5.74, 6) is -0.423. The molecule has 0 saturated carbocycles. The number of rotatable bonds is 14. The Bertz CT molecular complexity index is 2370. The van der Waals surface area contributed by atoms with Crippen LogP contribution < -0.4 is 25.4 Å². The van der Waals surface area contributed by atoms with Gasteiger partial charge in [0.25, 0.3) is 17.5 Å². The summed E-state index contributed by atoms with van der Waals surface area (Å²) in [6.45, 7) is 0. The SMILES string of the molecule is COc1ccc(/C=C(/NC(=O)c2ccccc2)C(=O)Nc2cccc(SC(C(=O)Nc3nc(-c4cccc([N+](=O)[O-])c4)cs3)c3ccccc3)c2)c(OC)c1. The second kappa shape index (κ2) is 17.8. The highest BCUT2D eigenvalue weighted by molar-refractivity contribution is 8.00. The highest BCUT2D eigenvalue weighted by Crippen LogP contribution is 2.38. The van der Waals surface area contributed by atoms with Gasteiger partial charge in [-0.25, -0.2) is 4.98 Å². The smallest absolute Gasteiger partial charge is 0.272 e. The third-order valence-electron chi connectivity index (χ3n) is 8.04. The Morgan fingerprint density at radius 3 is 2.31 bits per heavy atom. The molecule has 0 radical (unpaired) electrons. The van der Waals surface area contributed by atoms with Crippen molar-refractivity contribution in [2.45, 2.75) is 10.1 Å². The van der Waals surface area contributed by atoms with Gasteiger partial charge in [-0.3, -0.25) is 24.5 Å². The van der Waals surface area contributed by atoms with E-state index in [9.17, 15) is 24.5 Å². The van der Waals surface area contributed by atoms with Gasteiger partial charge in [-0.15, -0.1) is 23.1 Å². The number of methoxy groups -OCH3 is 2. The van der Waals surface area contributed by atoms with Crippen LogP contribution in [-0.4, -0.2) is 41.8 Å². The zero-order valence-electron chi connectivity index (χ0n) is 29.4. The van der Waals surface area contributed by atoms with E-state index in [2.05, 4.69) is 20.9 Å². The Labute approximate surface area is 324 Å². The van der Waals surface area contributed by atoms with E-state index in [1.807, 2.05) is 36.4 Å². The lowest BCUT2D eigenvalue weighted by Gasteiger charge is -2.17. The van der Waals surface area contributed by atoms with Crippen LogP contribution in [0.4, 0.5) is 16.5 Å². The number of hydrogen-bond acceptors (Lipinski definition) is 10. The molecule has 55 heavy (non-hydrogen) atoms. The van der Waals surface area contributed by atoms with Gasteiger partial charge in [0, 0.05) is 50.9 Å². The molecule has 12 nitrogen and oxygen atoms in total. The highest BCUT2D eigenvalue weighted by Gasteiger charge is 2.24. The molecule has 0 aliphatic carbocycles. The van der Waals surface area contributed by atoms with Gasteiger partial charge in [-0.2, -0.15) is 0 Å². The lowest BCUT2D eigenvalue weighted by atomic mass is 10.1. The molecule has 3 N–H and O–H groups in total. The van der Waals surface area contributed by atoms with Crippen molar-refractivity contribution in [3.8, 4) is 22.8 Å². The van der Waals surface area contributed by atoms with Gasteiger partial charge >= 0.3 is 0 Å². The first-order chi connectivity index (χ1) is 26.7. The minimum absolute atomic E-state index is 0.0372. The van der Waals surface area contributed by atoms with E-state index in [0.29, 0.717) is 49.6 Å². The standard InChI is InChI=1S/C41H33N5O7S2/c1-52-32-20-19-29(36(24-32)53-2)22-34(43-38(47)27-13-7-4-8-14-27)39(48)42-30-16-10-18-33(23-30)55-37(26-11-5-3-6-12-26)40(49)45-41-44-35(25-54-41)28-15-9-17-31(21-28)46(50)51/h3-25,37H,1-2H3,(H,42,48)(H,43,47)(H,44,45,49)/b34-22+. The molecule has 0 spiro atoms. The van der Waals surface area contributed by atoms with Crippen LogP contribution in [0.15, 0.2) is 143 Å². The number of benzene rings is 5. The van der Waals surface area contributed by atoms with Crippen molar-refractivity contribution in [3.63, 3.8) is 0 Å². The number of nitrogens with one attached hydrogen (secondary N) is 3. The number of thiazole rings is 1. The Morgan fingerprint density at radius 1 is 0.836 bits per heavy atom. The number of non-ortho nitro benzene ring substituents is 1. The van der Waals surface area contributed by atoms with Crippen LogP contribution in [-0.2, 0) is 9.59 Å². The number of amides is 3. The van der Waals surface area contributed by atoms with Gasteiger partial charge in [0.05, 0.1) is 24.8 Å². The maximum Gasteiger partial charge on any atom is 0.272 e. The second-order valence-corrected chi connectivity index (χ2v) is 13.7. The summed E-state index contributed by atoms with van der Waals surface area (Å²) in [4.78, 5) is 56.9. The Balaban J connectivity index is 1.23. The van der Waals surface area contributed by atoms with Crippen LogP contribution in [0.5, 0.6) is 11.5 Å². The largest absolute Gasteiger partial charge is 0.497 e. The molecule has 1 heterocycles. The summed E-state index contributed by atoms with van der Waals surface area (Å²) in [5, 5.41) is 21.1. The summed E-state index contributed by atoms with van der Waals surface area (Å²) in [6.07, 6.45) is 1.52. The lowest BCUT2D eigenvalue weighted by Crippen LogP contribution is -2.30. The van der Waals surface area contributed by atoms with Crippen LogP contribution in [0.2, 0.25) is 0 Å². The predicted octanol–water partition coefficient (Wildman–Crippen LogP) is 8.62. The molecule has 1 atom stereocenters. The summed E-state index contributed by atoms with van der Waals surface area (Å²) >= 11 is 2.48. The first kappa shape index (κ1) is 38.0. The van der Waals surface area contributed by atoms with Crippen molar-refractivity contribution in [1.82, 2.24) is 10.3 Å². The molecule has 0 fully saturated rings. The first-order valence-corrected chi connectivity index (χ1v) is 18.4. The molecular weight excluding hydrogens is 739 g/mol. The monoisotopic (exact) mass is 771 g/mol.